The first kappa shape index (κ1) is 10.5. The Morgan fingerprint density at radius 2 is 2.35 bits per heavy atom. The molecule has 17 heavy (non-hydrogen) atoms. The van der Waals surface area contributed by atoms with Crippen LogP contribution in [0.5, 0.6) is 5.88 Å². The lowest BCUT2D eigenvalue weighted by Crippen LogP contribution is -2.05. The second kappa shape index (κ2) is 3.97. The van der Waals surface area contributed by atoms with Gasteiger partial charge in [-0.15, -0.1) is 5.73 Å². The number of nitrogens with one attached hydrogen (secondary N) is 1. The molecule has 0 saturated heterocycles. The van der Waals surface area contributed by atoms with E-state index >= 15 is 0 Å². The Labute approximate surface area is 101 Å². The Balaban J connectivity index is 1.56. The van der Waals surface area contributed by atoms with Crippen molar-refractivity contribution < 1.29 is 5.11 Å². The van der Waals surface area contributed by atoms with E-state index in [1.165, 1.54) is 36.0 Å². The molecule has 0 aliphatic heterocycles. The summed E-state index contributed by atoms with van der Waals surface area (Å²) in [6.07, 6.45) is 6.92. The SMILES string of the molecule is CC1=CCC(C2=C=C2Cc2ccc(O)[nH]2)CC1. The standard InChI is InChI=1S/C15H17NO/c1-10-2-4-11(5-3-10)14-9-12(14)8-13-6-7-15(17)16-13/h2,6-7,11,16-17H,3-5,8H2,1H3. The van der Waals surface area contributed by atoms with Crippen LogP contribution in [-0.2, 0) is 6.42 Å². The van der Waals surface area contributed by atoms with Crippen molar-refractivity contribution in [2.75, 3.05) is 0 Å². The Morgan fingerprint density at radius 3 is 3.00 bits per heavy atom. The highest BCUT2D eigenvalue weighted by Crippen LogP contribution is 2.39. The van der Waals surface area contributed by atoms with Gasteiger partial charge in [-0.25, -0.2) is 0 Å². The van der Waals surface area contributed by atoms with E-state index < -0.39 is 0 Å². The van der Waals surface area contributed by atoms with Gasteiger partial charge in [-0.05, 0) is 44.2 Å². The molecule has 0 bridgehead atoms. The molecule has 0 spiro atoms. The Hall–Kier alpha value is -1.66. The molecule has 88 valence electrons. The highest BCUT2D eigenvalue weighted by atomic mass is 16.3. The van der Waals surface area contributed by atoms with Crippen LogP contribution in [0.25, 0.3) is 0 Å². The van der Waals surface area contributed by atoms with E-state index in [1.807, 2.05) is 6.07 Å². The molecule has 2 aliphatic carbocycles. The Bertz CT molecular complexity index is 541. The average Bonchev–Trinajstić information content (AvgIpc) is 2.94. The molecule has 1 heterocycles. The molecule has 0 aromatic carbocycles. The van der Waals surface area contributed by atoms with Gasteiger partial charge < -0.3 is 10.1 Å². The van der Waals surface area contributed by atoms with Crippen LogP contribution in [0.15, 0.2) is 40.7 Å². The molecule has 0 saturated carbocycles. The largest absolute Gasteiger partial charge is 0.495 e. The number of hydrogen-bond acceptors (Lipinski definition) is 1. The molecule has 0 amide bonds. The lowest BCUT2D eigenvalue weighted by molar-refractivity contribution is 0.456. The van der Waals surface area contributed by atoms with Crippen molar-refractivity contribution in [1.29, 1.82) is 0 Å². The van der Waals surface area contributed by atoms with E-state index in [2.05, 4.69) is 23.7 Å². The Kier molecular flexibility index (Phi) is 2.45. The molecule has 0 fully saturated rings. The van der Waals surface area contributed by atoms with E-state index in [-0.39, 0.29) is 5.88 Å². The van der Waals surface area contributed by atoms with Gasteiger partial charge in [0.2, 0.25) is 0 Å². The molecular weight excluding hydrogens is 210 g/mol. The number of rotatable bonds is 3. The number of aromatic amines is 1. The fraction of sp³-hybridized carbons (Fsp3) is 0.400. The molecule has 3 rings (SSSR count). The van der Waals surface area contributed by atoms with E-state index in [0.717, 1.165) is 12.1 Å². The van der Waals surface area contributed by atoms with Crippen LogP contribution < -0.4 is 0 Å². The quantitative estimate of drug-likeness (QED) is 0.602. The van der Waals surface area contributed by atoms with Crippen LogP contribution in [0.4, 0.5) is 0 Å². The van der Waals surface area contributed by atoms with Crippen molar-refractivity contribution in [1.82, 2.24) is 4.98 Å². The van der Waals surface area contributed by atoms with Crippen molar-refractivity contribution in [3.63, 3.8) is 0 Å². The van der Waals surface area contributed by atoms with Crippen LogP contribution in [-0.4, -0.2) is 10.1 Å². The molecule has 2 nitrogen and oxygen atoms in total. The van der Waals surface area contributed by atoms with Gasteiger partial charge in [0.1, 0.15) is 0 Å². The molecule has 1 aromatic heterocycles. The predicted octanol–water partition coefficient (Wildman–Crippen LogP) is 3.47. The maximum absolute atomic E-state index is 9.23. The third kappa shape index (κ3) is 2.22. The molecule has 1 unspecified atom stereocenters. The first-order chi connectivity index (χ1) is 8.22. The summed E-state index contributed by atoms with van der Waals surface area (Å²) in [5.74, 6) is 0.941. The normalized spacial score (nSPS) is 22.9. The lowest BCUT2D eigenvalue weighted by Gasteiger charge is -2.18. The number of hydrogen-bond donors (Lipinski definition) is 2. The predicted molar refractivity (Wildman–Crippen MR) is 67.8 cm³/mol. The lowest BCUT2D eigenvalue weighted by atomic mass is 9.86. The van der Waals surface area contributed by atoms with Gasteiger partial charge in [0, 0.05) is 23.3 Å². The van der Waals surface area contributed by atoms with E-state index in [1.54, 1.807) is 6.07 Å². The molecule has 2 aliphatic rings. The summed E-state index contributed by atoms with van der Waals surface area (Å²) in [6.45, 7) is 2.22. The average molecular weight is 227 g/mol. The summed E-state index contributed by atoms with van der Waals surface area (Å²) in [7, 11) is 0. The van der Waals surface area contributed by atoms with E-state index in [9.17, 15) is 5.11 Å². The molecule has 2 N–H and O–H groups in total. The summed E-state index contributed by atoms with van der Waals surface area (Å²) >= 11 is 0. The van der Waals surface area contributed by atoms with Gasteiger partial charge in [-0.2, -0.15) is 0 Å². The first-order valence-electron chi connectivity index (χ1n) is 6.25. The zero-order valence-corrected chi connectivity index (χ0v) is 10.1. The van der Waals surface area contributed by atoms with E-state index in [0.29, 0.717) is 5.92 Å². The van der Waals surface area contributed by atoms with Gasteiger partial charge >= 0.3 is 0 Å². The van der Waals surface area contributed by atoms with E-state index in [4.69, 9.17) is 0 Å². The highest BCUT2D eigenvalue weighted by molar-refractivity contribution is 5.48. The van der Waals surface area contributed by atoms with Crippen molar-refractivity contribution in [3.8, 4) is 5.88 Å². The fourth-order valence-electron chi connectivity index (χ4n) is 2.57. The minimum atomic E-state index is 0.249. The summed E-state index contributed by atoms with van der Waals surface area (Å²) in [4.78, 5) is 2.95. The molecule has 1 aromatic rings. The maximum Gasteiger partial charge on any atom is 0.188 e. The van der Waals surface area contributed by atoms with Gasteiger partial charge in [0.25, 0.3) is 0 Å². The Morgan fingerprint density at radius 1 is 1.47 bits per heavy atom. The molecule has 2 heteroatoms. The summed E-state index contributed by atoms with van der Waals surface area (Å²) in [5.41, 5.74) is 8.78. The summed E-state index contributed by atoms with van der Waals surface area (Å²) < 4.78 is 0. The zero-order chi connectivity index (χ0) is 11.8. The molecule has 1 atom stereocenters. The van der Waals surface area contributed by atoms with Gasteiger partial charge in [-0.1, -0.05) is 11.6 Å². The van der Waals surface area contributed by atoms with Crippen LogP contribution in [0.2, 0.25) is 0 Å². The topological polar surface area (TPSA) is 36.0 Å². The van der Waals surface area contributed by atoms with Crippen molar-refractivity contribution in [2.45, 2.75) is 32.6 Å². The van der Waals surface area contributed by atoms with Gasteiger partial charge in [0.15, 0.2) is 5.88 Å². The van der Waals surface area contributed by atoms with Crippen molar-refractivity contribution >= 4 is 0 Å². The number of allylic oxidation sites excluding steroid dienone is 3. The summed E-state index contributed by atoms with van der Waals surface area (Å²) in [5, 5.41) is 9.23. The number of aromatic nitrogens is 1. The van der Waals surface area contributed by atoms with Gasteiger partial charge in [-0.3, -0.25) is 0 Å². The monoisotopic (exact) mass is 227 g/mol. The minimum absolute atomic E-state index is 0.249. The molecular formula is C15H17NO. The van der Waals surface area contributed by atoms with Crippen LogP contribution in [0.1, 0.15) is 31.9 Å². The molecule has 0 radical (unpaired) electrons. The third-order valence-corrected chi connectivity index (χ3v) is 3.69. The van der Waals surface area contributed by atoms with Gasteiger partial charge in [0.05, 0.1) is 0 Å². The smallest absolute Gasteiger partial charge is 0.188 e. The zero-order valence-electron chi connectivity index (χ0n) is 10.1. The van der Waals surface area contributed by atoms with Crippen LogP contribution in [0, 0.1) is 5.92 Å². The van der Waals surface area contributed by atoms with Crippen LogP contribution in [0.3, 0.4) is 0 Å². The first-order valence-corrected chi connectivity index (χ1v) is 6.25. The maximum atomic E-state index is 9.23. The number of aromatic hydroxyl groups is 1. The van der Waals surface area contributed by atoms with Crippen LogP contribution >= 0.6 is 0 Å². The fourth-order valence-corrected chi connectivity index (χ4v) is 2.57. The number of H-pyrrole nitrogens is 1. The van der Waals surface area contributed by atoms with Crippen molar-refractivity contribution in [2.24, 2.45) is 5.92 Å². The highest BCUT2D eigenvalue weighted by Gasteiger charge is 2.26. The summed E-state index contributed by atoms with van der Waals surface area (Å²) in [6, 6.07) is 3.63. The third-order valence-electron chi connectivity index (χ3n) is 3.69. The minimum Gasteiger partial charge on any atom is -0.495 e. The van der Waals surface area contributed by atoms with Crippen molar-refractivity contribution in [3.05, 3.63) is 46.4 Å². The second-order valence-corrected chi connectivity index (χ2v) is 5.08. The second-order valence-electron chi connectivity index (χ2n) is 5.08.